The minimum atomic E-state index is 0.109. The maximum Gasteiger partial charge on any atom is 0.181 e. The molecule has 140 valence electrons. The highest BCUT2D eigenvalue weighted by molar-refractivity contribution is 8.01. The van der Waals surface area contributed by atoms with Crippen LogP contribution in [0.5, 0.6) is 0 Å². The van der Waals surface area contributed by atoms with E-state index in [1.807, 2.05) is 28.9 Å². The minimum Gasteiger partial charge on any atom is -0.369 e. The molecule has 0 atom stereocenters. The first kappa shape index (κ1) is 19.5. The summed E-state index contributed by atoms with van der Waals surface area (Å²) in [6.07, 6.45) is 1.15. The Hall–Kier alpha value is -1.22. The maximum absolute atomic E-state index is 11.4. The van der Waals surface area contributed by atoms with E-state index >= 15 is 0 Å². The topological polar surface area (TPSA) is 41.4 Å². The first-order valence-corrected chi connectivity index (χ1v) is 11.1. The lowest BCUT2D eigenvalue weighted by Gasteiger charge is -2.35. The lowest BCUT2D eigenvalue weighted by molar-refractivity contribution is 0.101. The van der Waals surface area contributed by atoms with Crippen molar-refractivity contribution < 1.29 is 4.79 Å². The number of piperazine rings is 1. The van der Waals surface area contributed by atoms with Crippen LogP contribution in [-0.2, 0) is 6.67 Å². The Morgan fingerprint density at radius 1 is 1.23 bits per heavy atom. The highest BCUT2D eigenvalue weighted by Crippen LogP contribution is 2.23. The molecule has 1 aromatic heterocycles. The van der Waals surface area contributed by atoms with Gasteiger partial charge >= 0.3 is 0 Å². The molecule has 26 heavy (non-hydrogen) atoms. The molecule has 0 saturated carbocycles. The van der Waals surface area contributed by atoms with Gasteiger partial charge in [-0.25, -0.2) is 4.68 Å². The van der Waals surface area contributed by atoms with Crippen molar-refractivity contribution in [3.05, 3.63) is 33.8 Å². The van der Waals surface area contributed by atoms with E-state index in [1.54, 1.807) is 30.0 Å². The third kappa shape index (κ3) is 4.94. The summed E-state index contributed by atoms with van der Waals surface area (Å²) in [6, 6.07) is 7.91. The highest BCUT2D eigenvalue weighted by atomic mass is 32.2. The number of hydrogen-bond donors (Lipinski definition) is 0. The van der Waals surface area contributed by atoms with Crippen molar-refractivity contribution in [2.75, 3.05) is 36.8 Å². The first-order valence-electron chi connectivity index (χ1n) is 8.86. The summed E-state index contributed by atoms with van der Waals surface area (Å²) in [6.45, 7) is 8.43. The summed E-state index contributed by atoms with van der Waals surface area (Å²) in [7, 11) is 0. The molecular formula is C18H24N4OS3. The zero-order valence-electron chi connectivity index (χ0n) is 15.2. The lowest BCUT2D eigenvalue weighted by atomic mass is 10.1. The number of carbonyl (C=O) groups excluding carboxylic acids is 1. The van der Waals surface area contributed by atoms with Gasteiger partial charge in [0, 0.05) is 43.2 Å². The molecule has 2 aromatic rings. The van der Waals surface area contributed by atoms with E-state index in [2.05, 4.69) is 21.8 Å². The van der Waals surface area contributed by atoms with E-state index in [-0.39, 0.29) is 5.78 Å². The molecule has 1 fully saturated rings. The number of nitrogens with zero attached hydrogens (tertiary/aromatic N) is 4. The third-order valence-electron chi connectivity index (χ3n) is 4.36. The summed E-state index contributed by atoms with van der Waals surface area (Å²) in [5.74, 6) is 1.20. The van der Waals surface area contributed by atoms with Crippen molar-refractivity contribution >= 4 is 46.8 Å². The number of carbonyl (C=O) groups is 1. The summed E-state index contributed by atoms with van der Waals surface area (Å²) in [5.41, 5.74) is 1.94. The number of anilines is 1. The molecular weight excluding hydrogens is 384 g/mol. The fourth-order valence-corrected chi connectivity index (χ4v) is 5.11. The number of rotatable bonds is 7. The quantitative estimate of drug-likeness (QED) is 0.389. The standard InChI is InChI=1S/C18H24N4OS3/c1-3-12-25-17-19-22(18(24)26-17)13-20-8-10-21(11-9-20)16-6-4-15(5-7-16)14(2)23/h4-7H,3,8-13H2,1-2H3. The first-order chi connectivity index (χ1) is 12.6. The molecule has 0 bridgehead atoms. The molecule has 8 heteroatoms. The predicted octanol–water partition coefficient (Wildman–Crippen LogP) is 4.16. The van der Waals surface area contributed by atoms with Crippen LogP contribution in [0.15, 0.2) is 28.6 Å². The molecule has 1 aromatic carbocycles. The summed E-state index contributed by atoms with van der Waals surface area (Å²) < 4.78 is 3.88. The van der Waals surface area contributed by atoms with Gasteiger partial charge in [0.2, 0.25) is 0 Å². The van der Waals surface area contributed by atoms with E-state index in [0.29, 0.717) is 0 Å². The van der Waals surface area contributed by atoms with Gasteiger partial charge in [0.05, 0.1) is 6.67 Å². The zero-order chi connectivity index (χ0) is 18.5. The lowest BCUT2D eigenvalue weighted by Crippen LogP contribution is -2.46. The number of ketones is 1. The van der Waals surface area contributed by atoms with Crippen LogP contribution in [0.25, 0.3) is 0 Å². The largest absolute Gasteiger partial charge is 0.369 e. The van der Waals surface area contributed by atoms with E-state index in [1.165, 1.54) is 5.69 Å². The molecule has 0 amide bonds. The molecule has 0 radical (unpaired) electrons. The highest BCUT2D eigenvalue weighted by Gasteiger charge is 2.18. The molecule has 0 unspecified atom stereocenters. The summed E-state index contributed by atoms with van der Waals surface area (Å²) in [4.78, 5) is 16.2. The molecule has 1 aliphatic rings. The van der Waals surface area contributed by atoms with Crippen molar-refractivity contribution in [2.24, 2.45) is 0 Å². The molecule has 0 spiro atoms. The van der Waals surface area contributed by atoms with Gasteiger partial charge in [-0.3, -0.25) is 9.69 Å². The second-order valence-corrected chi connectivity index (χ2v) is 9.30. The smallest absolute Gasteiger partial charge is 0.181 e. The monoisotopic (exact) mass is 408 g/mol. The Labute approximate surface area is 168 Å². The molecule has 5 nitrogen and oxygen atoms in total. The zero-order valence-corrected chi connectivity index (χ0v) is 17.6. The van der Waals surface area contributed by atoms with Gasteiger partial charge in [-0.1, -0.05) is 30.0 Å². The molecule has 0 aliphatic carbocycles. The van der Waals surface area contributed by atoms with Gasteiger partial charge in [-0.05, 0) is 49.8 Å². The Bertz CT molecular complexity index is 792. The van der Waals surface area contributed by atoms with Crippen molar-refractivity contribution in [2.45, 2.75) is 31.3 Å². The van der Waals surface area contributed by atoms with Crippen LogP contribution in [0.1, 0.15) is 30.6 Å². The number of hydrogen-bond acceptors (Lipinski definition) is 7. The van der Waals surface area contributed by atoms with Gasteiger partial charge < -0.3 is 4.90 Å². The maximum atomic E-state index is 11.4. The number of benzene rings is 1. The molecule has 1 aliphatic heterocycles. The Balaban J connectivity index is 1.54. The second-order valence-electron chi connectivity index (χ2n) is 6.33. The minimum absolute atomic E-state index is 0.109. The Kier molecular flexibility index (Phi) is 6.86. The molecule has 3 rings (SSSR count). The van der Waals surface area contributed by atoms with Crippen LogP contribution in [0, 0.1) is 3.95 Å². The molecule has 0 N–H and O–H groups in total. The predicted molar refractivity (Wildman–Crippen MR) is 112 cm³/mol. The number of aromatic nitrogens is 2. The van der Waals surface area contributed by atoms with Crippen molar-refractivity contribution in [1.29, 1.82) is 0 Å². The molecule has 1 saturated heterocycles. The molecule has 2 heterocycles. The SMILES string of the molecule is CCCSc1nn(CN2CCN(c3ccc(C(C)=O)cc3)CC2)c(=S)s1. The van der Waals surface area contributed by atoms with Crippen LogP contribution in [0.2, 0.25) is 0 Å². The third-order valence-corrected chi connectivity index (χ3v) is 7.01. The van der Waals surface area contributed by atoms with Gasteiger partial charge in [0.15, 0.2) is 14.1 Å². The van der Waals surface area contributed by atoms with E-state index in [9.17, 15) is 4.79 Å². The van der Waals surface area contributed by atoms with Crippen LogP contribution in [-0.4, -0.2) is 52.4 Å². The normalized spacial score (nSPS) is 15.4. The van der Waals surface area contributed by atoms with Crippen molar-refractivity contribution in [3.8, 4) is 0 Å². The average Bonchev–Trinajstić information content (AvgIpc) is 3.00. The van der Waals surface area contributed by atoms with Crippen LogP contribution >= 0.6 is 35.3 Å². The van der Waals surface area contributed by atoms with Crippen molar-refractivity contribution in [3.63, 3.8) is 0 Å². The second kappa shape index (κ2) is 9.12. The number of Topliss-reactive ketones (excluding diaryl/α,β-unsaturated/α-hetero) is 1. The van der Waals surface area contributed by atoms with E-state index in [4.69, 9.17) is 12.2 Å². The number of thioether (sulfide) groups is 1. The van der Waals surface area contributed by atoms with Crippen molar-refractivity contribution in [1.82, 2.24) is 14.7 Å². The summed E-state index contributed by atoms with van der Waals surface area (Å²) >= 11 is 8.86. The average molecular weight is 409 g/mol. The van der Waals surface area contributed by atoms with Gasteiger partial charge in [0.1, 0.15) is 0 Å². The van der Waals surface area contributed by atoms with Gasteiger partial charge in [-0.15, -0.1) is 0 Å². The van der Waals surface area contributed by atoms with Crippen LogP contribution in [0.4, 0.5) is 5.69 Å². The summed E-state index contributed by atoms with van der Waals surface area (Å²) in [5, 5.41) is 4.65. The van der Waals surface area contributed by atoms with E-state index < -0.39 is 0 Å². The van der Waals surface area contributed by atoms with E-state index in [0.717, 1.165) is 58.9 Å². The van der Waals surface area contributed by atoms with Crippen LogP contribution in [0.3, 0.4) is 0 Å². The van der Waals surface area contributed by atoms with Gasteiger partial charge in [0.25, 0.3) is 0 Å². The van der Waals surface area contributed by atoms with Crippen LogP contribution < -0.4 is 4.90 Å². The van der Waals surface area contributed by atoms with Gasteiger partial charge in [-0.2, -0.15) is 5.10 Å². The fourth-order valence-electron chi connectivity index (χ4n) is 2.87. The fraction of sp³-hybridized carbons (Fsp3) is 0.500. The Morgan fingerprint density at radius 3 is 2.54 bits per heavy atom. The Morgan fingerprint density at radius 2 is 1.92 bits per heavy atom.